The van der Waals surface area contributed by atoms with Crippen LogP contribution in [-0.4, -0.2) is 40.0 Å². The molecule has 1 aliphatic rings. The highest BCUT2D eigenvalue weighted by Gasteiger charge is 2.38. The Morgan fingerprint density at radius 2 is 2.00 bits per heavy atom. The molecule has 0 radical (unpaired) electrons. The van der Waals surface area contributed by atoms with Crippen LogP contribution in [-0.2, 0) is 4.74 Å². The van der Waals surface area contributed by atoms with E-state index in [9.17, 15) is 0 Å². The van der Waals surface area contributed by atoms with Gasteiger partial charge in [0.15, 0.2) is 12.6 Å². The topological polar surface area (TPSA) is 99.2 Å². The molecule has 0 aromatic carbocycles. The lowest BCUT2D eigenvalue weighted by Crippen LogP contribution is -2.35. The van der Waals surface area contributed by atoms with Crippen LogP contribution in [0.3, 0.4) is 0 Å². The number of hydrogen-bond donors (Lipinski definition) is 4. The Balaban J connectivity index is 2.13. The minimum atomic E-state index is -1.53. The number of aliphatic hydroxyl groups excluding tert-OH is 2. The van der Waals surface area contributed by atoms with Crippen LogP contribution < -0.4 is 5.73 Å². The molecule has 1 heterocycles. The van der Waals surface area contributed by atoms with E-state index in [-0.39, 0.29) is 12.5 Å². The molecule has 5 heteroatoms. The van der Waals surface area contributed by atoms with Crippen LogP contribution in [0.5, 0.6) is 0 Å². The monoisotopic (exact) mass is 149 g/mol. The first-order valence-electron chi connectivity index (χ1n) is 3.06. The highest BCUT2D eigenvalue weighted by atomic mass is 16.7. The van der Waals surface area contributed by atoms with Gasteiger partial charge in [0.25, 0.3) is 0 Å². The van der Waals surface area contributed by atoms with E-state index in [0.717, 1.165) is 0 Å². The fraction of sp³-hybridized carbons (Fsp3) is 1.00. The van der Waals surface area contributed by atoms with Crippen LogP contribution in [0.2, 0.25) is 0 Å². The summed E-state index contributed by atoms with van der Waals surface area (Å²) in [6, 6.07) is -0.734. The second kappa shape index (κ2) is 2.81. The average molecular weight is 149 g/mol. The molecule has 1 aliphatic heterocycles. The molecule has 1 fully saturated rings. The van der Waals surface area contributed by atoms with Gasteiger partial charge in [0, 0.05) is 0 Å². The third kappa shape index (κ3) is 1.89. The maximum atomic E-state index is 8.62. The van der Waals surface area contributed by atoms with E-state index >= 15 is 0 Å². The first kappa shape index (κ1) is 7.90. The predicted molar refractivity (Wildman–Crippen MR) is 31.7 cm³/mol. The number of aliphatic hydroxyl groups is 3. The van der Waals surface area contributed by atoms with E-state index in [0.29, 0.717) is 0 Å². The van der Waals surface area contributed by atoms with Crippen LogP contribution >= 0.6 is 0 Å². The second-order valence-electron chi connectivity index (χ2n) is 2.38. The van der Waals surface area contributed by atoms with Crippen LogP contribution in [0.15, 0.2) is 0 Å². The number of nitrogens with two attached hydrogens (primary N) is 1. The number of ether oxygens (including phenoxy) is 1. The minimum Gasteiger partial charge on any atom is -0.367 e. The third-order valence-electron chi connectivity index (χ3n) is 1.44. The fourth-order valence-electron chi connectivity index (χ4n) is 0.696. The molecule has 3 unspecified atom stereocenters. The van der Waals surface area contributed by atoms with Crippen LogP contribution in [0.4, 0.5) is 0 Å². The van der Waals surface area contributed by atoms with Crippen molar-refractivity contribution < 1.29 is 20.1 Å². The molecule has 10 heavy (non-hydrogen) atoms. The maximum absolute atomic E-state index is 8.62. The molecule has 3 atom stereocenters. The van der Waals surface area contributed by atoms with Crippen molar-refractivity contribution in [2.24, 2.45) is 5.73 Å². The maximum Gasteiger partial charge on any atom is 0.181 e. The Morgan fingerprint density at radius 1 is 1.50 bits per heavy atom. The highest BCUT2D eigenvalue weighted by Crippen LogP contribution is 2.23. The zero-order valence-electron chi connectivity index (χ0n) is 5.34. The summed E-state index contributed by atoms with van der Waals surface area (Å²) in [4.78, 5) is 0. The zero-order chi connectivity index (χ0) is 7.72. The van der Waals surface area contributed by atoms with Crippen molar-refractivity contribution >= 4 is 0 Å². The van der Waals surface area contributed by atoms with Gasteiger partial charge in [-0.25, -0.2) is 0 Å². The summed E-state index contributed by atoms with van der Waals surface area (Å²) in [5.41, 5.74) is 5.23. The van der Waals surface area contributed by atoms with Crippen molar-refractivity contribution in [1.82, 2.24) is 0 Å². The van der Waals surface area contributed by atoms with Crippen LogP contribution in [0.25, 0.3) is 0 Å². The number of rotatable bonds is 3. The number of epoxide rings is 1. The SMILES string of the molecule is NC(CC1OC1O)C(O)O. The molecular weight excluding hydrogens is 138 g/mol. The molecule has 0 saturated carbocycles. The van der Waals surface area contributed by atoms with Crippen molar-refractivity contribution in [3.8, 4) is 0 Å². The van der Waals surface area contributed by atoms with Crippen molar-refractivity contribution in [1.29, 1.82) is 0 Å². The van der Waals surface area contributed by atoms with Gasteiger partial charge in [0.1, 0.15) is 6.10 Å². The first-order valence-corrected chi connectivity index (χ1v) is 3.06. The smallest absolute Gasteiger partial charge is 0.181 e. The van der Waals surface area contributed by atoms with Crippen molar-refractivity contribution in [3.63, 3.8) is 0 Å². The van der Waals surface area contributed by atoms with E-state index < -0.39 is 18.6 Å². The van der Waals surface area contributed by atoms with Gasteiger partial charge in [0.05, 0.1) is 6.04 Å². The normalized spacial score (nSPS) is 34.5. The van der Waals surface area contributed by atoms with E-state index in [1.165, 1.54) is 0 Å². The van der Waals surface area contributed by atoms with Gasteiger partial charge in [-0.2, -0.15) is 0 Å². The zero-order valence-corrected chi connectivity index (χ0v) is 5.34. The summed E-state index contributed by atoms with van der Waals surface area (Å²) >= 11 is 0. The quantitative estimate of drug-likeness (QED) is 0.268. The Kier molecular flexibility index (Phi) is 2.22. The molecule has 0 spiro atoms. The van der Waals surface area contributed by atoms with Gasteiger partial charge in [-0.05, 0) is 6.42 Å². The third-order valence-corrected chi connectivity index (χ3v) is 1.44. The lowest BCUT2D eigenvalue weighted by atomic mass is 10.1. The summed E-state index contributed by atoms with van der Waals surface area (Å²) in [6.07, 6.45) is -2.32. The van der Waals surface area contributed by atoms with Gasteiger partial charge >= 0.3 is 0 Å². The van der Waals surface area contributed by atoms with E-state index in [1.807, 2.05) is 0 Å². The highest BCUT2D eigenvalue weighted by molar-refractivity contribution is 4.80. The first-order chi connectivity index (χ1) is 4.61. The summed E-state index contributed by atoms with van der Waals surface area (Å²) in [7, 11) is 0. The summed E-state index contributed by atoms with van der Waals surface area (Å²) in [6.45, 7) is 0. The molecule has 1 saturated heterocycles. The summed E-state index contributed by atoms with van der Waals surface area (Å²) in [5, 5.41) is 25.6. The van der Waals surface area contributed by atoms with Gasteiger partial charge in [-0.15, -0.1) is 0 Å². The standard InChI is InChI=1S/C5H11NO4/c6-2(4(7)8)1-3-5(9)10-3/h2-5,7-9H,1,6H2. The Morgan fingerprint density at radius 3 is 2.30 bits per heavy atom. The Bertz CT molecular complexity index is 118. The minimum absolute atomic E-state index is 0.277. The molecular formula is C5H11NO4. The molecule has 0 aliphatic carbocycles. The largest absolute Gasteiger partial charge is 0.367 e. The molecule has 0 aromatic heterocycles. The van der Waals surface area contributed by atoms with Crippen LogP contribution in [0.1, 0.15) is 6.42 Å². The van der Waals surface area contributed by atoms with Gasteiger partial charge in [-0.1, -0.05) is 0 Å². The van der Waals surface area contributed by atoms with E-state index in [2.05, 4.69) is 4.74 Å². The van der Waals surface area contributed by atoms with Crippen LogP contribution in [0, 0.1) is 0 Å². The van der Waals surface area contributed by atoms with Crippen molar-refractivity contribution in [2.75, 3.05) is 0 Å². The summed E-state index contributed by atoms with van der Waals surface area (Å²) < 4.78 is 4.59. The van der Waals surface area contributed by atoms with Crippen molar-refractivity contribution in [3.05, 3.63) is 0 Å². The molecule has 5 nitrogen and oxygen atoms in total. The van der Waals surface area contributed by atoms with Gasteiger partial charge in [0.2, 0.25) is 0 Å². The van der Waals surface area contributed by atoms with Gasteiger partial charge in [-0.3, -0.25) is 0 Å². The molecule has 60 valence electrons. The van der Waals surface area contributed by atoms with E-state index in [4.69, 9.17) is 21.1 Å². The predicted octanol–water partition coefficient (Wildman–Crippen LogP) is -2.27. The lowest BCUT2D eigenvalue weighted by molar-refractivity contribution is -0.0607. The lowest BCUT2D eigenvalue weighted by Gasteiger charge is -2.10. The molecule has 0 aromatic rings. The molecule has 1 rings (SSSR count). The molecule has 5 N–H and O–H groups in total. The molecule has 0 bridgehead atoms. The van der Waals surface area contributed by atoms with E-state index in [1.54, 1.807) is 0 Å². The average Bonchev–Trinajstić information content (AvgIpc) is 2.46. The van der Waals surface area contributed by atoms with Crippen molar-refractivity contribution in [2.45, 2.75) is 31.1 Å². The Labute approximate surface area is 58.0 Å². The molecule has 0 amide bonds. The summed E-state index contributed by atoms with van der Waals surface area (Å²) in [5.74, 6) is 0. The van der Waals surface area contributed by atoms with Gasteiger partial charge < -0.3 is 25.8 Å². The second-order valence-corrected chi connectivity index (χ2v) is 2.38. The number of hydrogen-bond acceptors (Lipinski definition) is 5. The fourth-order valence-corrected chi connectivity index (χ4v) is 0.696. The Hall–Kier alpha value is -0.200.